The Hall–Kier alpha value is -1.88. The first-order valence-corrected chi connectivity index (χ1v) is 5.79. The predicted octanol–water partition coefficient (Wildman–Crippen LogP) is 3.23. The second-order valence-corrected chi connectivity index (χ2v) is 4.55. The van der Waals surface area contributed by atoms with Crippen LogP contribution in [0, 0.1) is 0 Å². The average Bonchev–Trinajstić information content (AvgIpc) is 2.72. The van der Waals surface area contributed by atoms with Crippen LogP contribution in [0.15, 0.2) is 45.5 Å². The first kappa shape index (κ1) is 10.3. The second kappa shape index (κ2) is 3.85. The fourth-order valence-electron chi connectivity index (χ4n) is 1.60. The number of oxazole rings is 1. The highest BCUT2D eigenvalue weighted by Crippen LogP contribution is 2.26. The normalized spacial score (nSPS) is 10.9. The molecule has 2 heterocycles. The zero-order valence-electron chi connectivity index (χ0n) is 8.72. The van der Waals surface area contributed by atoms with Crippen LogP contribution >= 0.6 is 15.9 Å². The van der Waals surface area contributed by atoms with Gasteiger partial charge in [0.2, 0.25) is 5.89 Å². The van der Waals surface area contributed by atoms with E-state index < -0.39 is 0 Å². The average molecular weight is 290 g/mol. The molecule has 0 fully saturated rings. The maximum Gasteiger partial charge on any atom is 0.228 e. The van der Waals surface area contributed by atoms with Gasteiger partial charge in [-0.05, 0) is 40.2 Å². The summed E-state index contributed by atoms with van der Waals surface area (Å²) in [6.07, 6.45) is 3.42. The van der Waals surface area contributed by atoms with Crippen molar-refractivity contribution in [2.24, 2.45) is 0 Å². The van der Waals surface area contributed by atoms with Crippen molar-refractivity contribution in [3.05, 3.63) is 41.1 Å². The van der Waals surface area contributed by atoms with E-state index in [0.717, 1.165) is 15.6 Å². The lowest BCUT2D eigenvalue weighted by atomic mass is 10.3. The molecule has 0 saturated carbocycles. The van der Waals surface area contributed by atoms with Gasteiger partial charge in [0.15, 0.2) is 5.58 Å². The molecule has 4 nitrogen and oxygen atoms in total. The lowest BCUT2D eigenvalue weighted by molar-refractivity contribution is 0.619. The van der Waals surface area contributed by atoms with Gasteiger partial charge in [-0.25, -0.2) is 4.98 Å². The zero-order chi connectivity index (χ0) is 11.8. The monoisotopic (exact) mass is 289 g/mol. The summed E-state index contributed by atoms with van der Waals surface area (Å²) >= 11 is 3.36. The summed E-state index contributed by atoms with van der Waals surface area (Å²) in [5.41, 5.74) is 8.66. The first-order valence-electron chi connectivity index (χ1n) is 4.99. The summed E-state index contributed by atoms with van der Waals surface area (Å²) in [6.45, 7) is 0. The number of hydrogen-bond donors (Lipinski definition) is 1. The summed E-state index contributed by atoms with van der Waals surface area (Å²) in [6, 6.07) is 7.29. The number of halogens is 1. The smallest absolute Gasteiger partial charge is 0.228 e. The third kappa shape index (κ3) is 1.89. The number of aromatic nitrogens is 2. The van der Waals surface area contributed by atoms with Gasteiger partial charge in [0.1, 0.15) is 5.52 Å². The molecule has 17 heavy (non-hydrogen) atoms. The third-order valence-corrected chi connectivity index (χ3v) is 2.80. The van der Waals surface area contributed by atoms with E-state index in [4.69, 9.17) is 10.2 Å². The van der Waals surface area contributed by atoms with E-state index in [1.165, 1.54) is 0 Å². The summed E-state index contributed by atoms with van der Waals surface area (Å²) in [5.74, 6) is 0.541. The Morgan fingerprint density at radius 3 is 2.88 bits per heavy atom. The van der Waals surface area contributed by atoms with Gasteiger partial charge < -0.3 is 10.2 Å². The van der Waals surface area contributed by atoms with E-state index in [0.29, 0.717) is 17.2 Å². The molecule has 2 aromatic heterocycles. The Balaban J connectivity index is 2.18. The molecule has 0 bridgehead atoms. The molecule has 0 saturated heterocycles. The van der Waals surface area contributed by atoms with Crippen LogP contribution in [-0.2, 0) is 0 Å². The van der Waals surface area contributed by atoms with Gasteiger partial charge in [-0.1, -0.05) is 0 Å². The van der Waals surface area contributed by atoms with Crippen molar-refractivity contribution >= 4 is 32.7 Å². The molecule has 0 spiro atoms. The molecule has 84 valence electrons. The molecule has 0 aliphatic heterocycles. The fraction of sp³-hybridized carbons (Fsp3) is 0. The minimum atomic E-state index is 0.541. The highest BCUT2D eigenvalue weighted by Gasteiger charge is 2.08. The standard InChI is InChI=1S/C12H8BrN3O/c13-8-3-7(5-15-6-8)12-16-10-4-9(14)1-2-11(10)17-12/h1-6H,14H2. The minimum absolute atomic E-state index is 0.541. The highest BCUT2D eigenvalue weighted by atomic mass is 79.9. The van der Waals surface area contributed by atoms with Gasteiger partial charge in [0.25, 0.3) is 0 Å². The van der Waals surface area contributed by atoms with Crippen LogP contribution in [0.2, 0.25) is 0 Å². The van der Waals surface area contributed by atoms with Crippen LogP contribution in [0.5, 0.6) is 0 Å². The summed E-state index contributed by atoms with van der Waals surface area (Å²) in [5, 5.41) is 0. The van der Waals surface area contributed by atoms with Crippen molar-refractivity contribution < 1.29 is 4.42 Å². The number of nitrogens with two attached hydrogens (primary N) is 1. The van der Waals surface area contributed by atoms with Crippen molar-refractivity contribution in [1.82, 2.24) is 9.97 Å². The number of pyridine rings is 1. The molecule has 0 amide bonds. The van der Waals surface area contributed by atoms with Crippen molar-refractivity contribution in [2.45, 2.75) is 0 Å². The molecule has 3 aromatic rings. The lowest BCUT2D eigenvalue weighted by Crippen LogP contribution is -1.82. The molecule has 3 rings (SSSR count). The summed E-state index contributed by atoms with van der Waals surface area (Å²) in [7, 11) is 0. The SMILES string of the molecule is Nc1ccc2oc(-c3cncc(Br)c3)nc2c1. The van der Waals surface area contributed by atoms with E-state index >= 15 is 0 Å². The summed E-state index contributed by atoms with van der Waals surface area (Å²) in [4.78, 5) is 8.45. The number of rotatable bonds is 1. The van der Waals surface area contributed by atoms with Gasteiger partial charge in [-0.3, -0.25) is 4.98 Å². The molecular weight excluding hydrogens is 282 g/mol. The Labute approximate surface area is 106 Å². The number of nitrogens with zero attached hydrogens (tertiary/aromatic N) is 2. The lowest BCUT2D eigenvalue weighted by Gasteiger charge is -1.94. The van der Waals surface area contributed by atoms with Crippen molar-refractivity contribution in [3.8, 4) is 11.5 Å². The Kier molecular flexibility index (Phi) is 2.33. The highest BCUT2D eigenvalue weighted by molar-refractivity contribution is 9.10. The van der Waals surface area contributed by atoms with Gasteiger partial charge in [-0.2, -0.15) is 0 Å². The maximum absolute atomic E-state index is 5.69. The van der Waals surface area contributed by atoms with Crippen LogP contribution in [0.25, 0.3) is 22.6 Å². The van der Waals surface area contributed by atoms with E-state index in [9.17, 15) is 0 Å². The molecule has 5 heteroatoms. The Morgan fingerprint density at radius 2 is 2.06 bits per heavy atom. The molecule has 2 N–H and O–H groups in total. The number of fused-ring (bicyclic) bond motifs is 1. The zero-order valence-corrected chi connectivity index (χ0v) is 10.3. The molecule has 0 aliphatic rings. The Morgan fingerprint density at radius 1 is 1.18 bits per heavy atom. The molecule has 0 atom stereocenters. The number of benzene rings is 1. The molecule has 0 aliphatic carbocycles. The quantitative estimate of drug-likeness (QED) is 0.699. The van der Waals surface area contributed by atoms with Crippen LogP contribution < -0.4 is 5.73 Å². The van der Waals surface area contributed by atoms with E-state index in [-0.39, 0.29) is 0 Å². The molecular formula is C12H8BrN3O. The number of nitrogen functional groups attached to an aromatic ring is 1. The van der Waals surface area contributed by atoms with E-state index in [1.807, 2.05) is 12.1 Å². The predicted molar refractivity (Wildman–Crippen MR) is 69.4 cm³/mol. The van der Waals surface area contributed by atoms with Gasteiger partial charge >= 0.3 is 0 Å². The van der Waals surface area contributed by atoms with Crippen LogP contribution in [-0.4, -0.2) is 9.97 Å². The number of hydrogen-bond acceptors (Lipinski definition) is 4. The maximum atomic E-state index is 5.69. The van der Waals surface area contributed by atoms with E-state index in [1.54, 1.807) is 24.5 Å². The fourth-order valence-corrected chi connectivity index (χ4v) is 1.96. The first-order chi connectivity index (χ1) is 8.22. The van der Waals surface area contributed by atoms with Crippen LogP contribution in [0.4, 0.5) is 5.69 Å². The van der Waals surface area contributed by atoms with Crippen molar-refractivity contribution in [1.29, 1.82) is 0 Å². The second-order valence-electron chi connectivity index (χ2n) is 3.64. The molecule has 0 radical (unpaired) electrons. The molecule has 1 aromatic carbocycles. The van der Waals surface area contributed by atoms with Gasteiger partial charge in [0.05, 0.1) is 5.56 Å². The van der Waals surface area contributed by atoms with Crippen LogP contribution in [0.1, 0.15) is 0 Å². The Bertz CT molecular complexity index is 693. The number of anilines is 1. The van der Waals surface area contributed by atoms with Gasteiger partial charge in [-0.15, -0.1) is 0 Å². The molecule has 0 unspecified atom stereocenters. The minimum Gasteiger partial charge on any atom is -0.436 e. The van der Waals surface area contributed by atoms with Crippen LogP contribution in [0.3, 0.4) is 0 Å². The van der Waals surface area contributed by atoms with Gasteiger partial charge in [0, 0.05) is 22.6 Å². The van der Waals surface area contributed by atoms with Crippen molar-refractivity contribution in [2.75, 3.05) is 5.73 Å². The van der Waals surface area contributed by atoms with Crippen molar-refractivity contribution in [3.63, 3.8) is 0 Å². The third-order valence-electron chi connectivity index (χ3n) is 2.36. The topological polar surface area (TPSA) is 64.9 Å². The largest absolute Gasteiger partial charge is 0.436 e. The van der Waals surface area contributed by atoms with E-state index in [2.05, 4.69) is 25.9 Å². The summed E-state index contributed by atoms with van der Waals surface area (Å²) < 4.78 is 6.52.